The van der Waals surface area contributed by atoms with Crippen molar-refractivity contribution < 1.29 is 17.9 Å². The van der Waals surface area contributed by atoms with Crippen molar-refractivity contribution in [3.63, 3.8) is 0 Å². The van der Waals surface area contributed by atoms with Crippen molar-refractivity contribution in [2.24, 2.45) is 0 Å². The molecule has 0 radical (unpaired) electrons. The van der Waals surface area contributed by atoms with E-state index in [0.717, 1.165) is 29.0 Å². The maximum atomic E-state index is 12.9. The van der Waals surface area contributed by atoms with E-state index in [-0.39, 0.29) is 11.3 Å². The molecular weight excluding hydrogens is 400 g/mol. The first-order chi connectivity index (χ1) is 14.0. The predicted molar refractivity (Wildman–Crippen MR) is 120 cm³/mol. The summed E-state index contributed by atoms with van der Waals surface area (Å²) in [6, 6.07) is 12.3. The van der Waals surface area contributed by atoms with Crippen molar-refractivity contribution in [1.82, 2.24) is 5.32 Å². The standard InChI is InChI=1S/C23H28N2O4S/c1-15(2)30(27,28)25-18-9-6-16(7-10-18)22(26)13-21-20-12-19(29-5)11-8-17(20)14-23(3,4)24-21/h6-13,15,24-25H,14H2,1-5H3. The summed E-state index contributed by atoms with van der Waals surface area (Å²) in [5.74, 6) is 0.567. The Morgan fingerprint density at radius 2 is 1.83 bits per heavy atom. The van der Waals surface area contributed by atoms with Crippen molar-refractivity contribution in [1.29, 1.82) is 0 Å². The normalized spacial score (nSPS) is 16.7. The molecule has 0 saturated heterocycles. The van der Waals surface area contributed by atoms with Crippen LogP contribution in [0.25, 0.3) is 5.70 Å². The maximum absolute atomic E-state index is 12.9. The molecule has 6 nitrogen and oxygen atoms in total. The molecule has 2 aromatic carbocycles. The Bertz CT molecular complexity index is 1080. The number of hydrogen-bond donors (Lipinski definition) is 2. The van der Waals surface area contributed by atoms with E-state index >= 15 is 0 Å². The molecule has 0 saturated carbocycles. The molecule has 30 heavy (non-hydrogen) atoms. The SMILES string of the molecule is COc1ccc2c(c1)C(=CC(=O)c1ccc(NS(=O)(=O)C(C)C)cc1)NC(C)(C)C2. The molecule has 0 spiro atoms. The fraction of sp³-hybridized carbons (Fsp3) is 0.348. The number of fused-ring (bicyclic) bond motifs is 1. The quantitative estimate of drug-likeness (QED) is 0.537. The van der Waals surface area contributed by atoms with Crippen LogP contribution in [0.4, 0.5) is 5.69 Å². The topological polar surface area (TPSA) is 84.5 Å². The number of benzene rings is 2. The van der Waals surface area contributed by atoms with Gasteiger partial charge < -0.3 is 10.1 Å². The highest BCUT2D eigenvalue weighted by Crippen LogP contribution is 2.32. The Labute approximate surface area is 178 Å². The molecule has 3 rings (SSSR count). The Morgan fingerprint density at radius 1 is 1.17 bits per heavy atom. The van der Waals surface area contributed by atoms with Gasteiger partial charge >= 0.3 is 0 Å². The first kappa shape index (κ1) is 21.9. The van der Waals surface area contributed by atoms with Gasteiger partial charge in [0.25, 0.3) is 0 Å². The third-order valence-corrected chi connectivity index (χ3v) is 6.80. The molecule has 1 aliphatic rings. The van der Waals surface area contributed by atoms with Crippen LogP contribution < -0.4 is 14.8 Å². The zero-order valence-corrected chi connectivity index (χ0v) is 18.8. The van der Waals surface area contributed by atoms with E-state index in [9.17, 15) is 13.2 Å². The van der Waals surface area contributed by atoms with Gasteiger partial charge in [0.15, 0.2) is 5.78 Å². The average molecular weight is 429 g/mol. The number of anilines is 1. The minimum atomic E-state index is -3.43. The lowest BCUT2D eigenvalue weighted by molar-refractivity contribution is 0.104. The van der Waals surface area contributed by atoms with Gasteiger partial charge in [0, 0.05) is 34.1 Å². The fourth-order valence-corrected chi connectivity index (χ4v) is 4.05. The molecule has 7 heteroatoms. The van der Waals surface area contributed by atoms with E-state index in [0.29, 0.717) is 11.3 Å². The number of carbonyl (C=O) groups excluding carboxylic acids is 1. The van der Waals surface area contributed by atoms with Gasteiger partial charge in [0.1, 0.15) is 5.75 Å². The summed E-state index contributed by atoms with van der Waals surface area (Å²) in [5.41, 5.74) is 3.56. The van der Waals surface area contributed by atoms with Crippen molar-refractivity contribution in [3.05, 3.63) is 65.2 Å². The van der Waals surface area contributed by atoms with Gasteiger partial charge in [-0.25, -0.2) is 8.42 Å². The molecule has 0 fully saturated rings. The van der Waals surface area contributed by atoms with Crippen LogP contribution in [0.2, 0.25) is 0 Å². The molecule has 1 aliphatic heterocycles. The Morgan fingerprint density at radius 3 is 2.43 bits per heavy atom. The Hall–Kier alpha value is -2.80. The summed E-state index contributed by atoms with van der Waals surface area (Å²) in [6.45, 7) is 7.40. The lowest BCUT2D eigenvalue weighted by Crippen LogP contribution is -2.43. The molecule has 2 N–H and O–H groups in total. The molecule has 0 bridgehead atoms. The van der Waals surface area contributed by atoms with Gasteiger partial charge in [-0.05, 0) is 76.1 Å². The third-order valence-electron chi connectivity index (χ3n) is 5.04. The zero-order chi connectivity index (χ0) is 22.1. The van der Waals surface area contributed by atoms with Crippen LogP contribution in [0.5, 0.6) is 5.75 Å². The summed E-state index contributed by atoms with van der Waals surface area (Å²) in [6.07, 6.45) is 2.43. The predicted octanol–water partition coefficient (Wildman–Crippen LogP) is 3.99. The second-order valence-electron chi connectivity index (χ2n) is 8.40. The monoisotopic (exact) mass is 428 g/mol. The van der Waals surface area contributed by atoms with Crippen molar-refractivity contribution in [3.8, 4) is 5.75 Å². The van der Waals surface area contributed by atoms with Crippen LogP contribution in [0.3, 0.4) is 0 Å². The van der Waals surface area contributed by atoms with E-state index in [4.69, 9.17) is 4.74 Å². The second kappa shape index (κ2) is 8.14. The molecule has 1 heterocycles. The number of ketones is 1. The third kappa shape index (κ3) is 4.84. The van der Waals surface area contributed by atoms with E-state index in [2.05, 4.69) is 23.9 Å². The number of allylic oxidation sites excluding steroid dienone is 1. The minimum Gasteiger partial charge on any atom is -0.497 e. The fourth-order valence-electron chi connectivity index (χ4n) is 3.35. The second-order valence-corrected chi connectivity index (χ2v) is 10.6. The number of methoxy groups -OCH3 is 1. The van der Waals surface area contributed by atoms with Crippen LogP contribution in [-0.2, 0) is 16.4 Å². The van der Waals surface area contributed by atoms with Gasteiger partial charge in [0.2, 0.25) is 10.0 Å². The zero-order valence-electron chi connectivity index (χ0n) is 17.9. The highest BCUT2D eigenvalue weighted by molar-refractivity contribution is 7.93. The van der Waals surface area contributed by atoms with Crippen LogP contribution in [-0.4, -0.2) is 32.1 Å². The van der Waals surface area contributed by atoms with E-state index in [1.54, 1.807) is 51.3 Å². The summed E-state index contributed by atoms with van der Waals surface area (Å²) in [7, 11) is -1.81. The van der Waals surface area contributed by atoms with Crippen molar-refractivity contribution in [2.45, 2.75) is 44.9 Å². The summed E-state index contributed by atoms with van der Waals surface area (Å²) in [5, 5.41) is 2.91. The first-order valence-corrected chi connectivity index (χ1v) is 11.4. The molecular formula is C23H28N2O4S. The largest absolute Gasteiger partial charge is 0.497 e. The van der Waals surface area contributed by atoms with E-state index in [1.807, 2.05) is 18.2 Å². The Balaban J connectivity index is 1.89. The number of carbonyl (C=O) groups is 1. The number of hydrogen-bond acceptors (Lipinski definition) is 5. The minimum absolute atomic E-state index is 0.165. The van der Waals surface area contributed by atoms with Crippen LogP contribution in [0.1, 0.15) is 49.2 Å². The molecule has 0 unspecified atom stereocenters. The van der Waals surface area contributed by atoms with Crippen LogP contribution >= 0.6 is 0 Å². The first-order valence-electron chi connectivity index (χ1n) is 9.84. The van der Waals surface area contributed by atoms with Gasteiger partial charge in [-0.3, -0.25) is 9.52 Å². The molecule has 0 amide bonds. The molecule has 2 aromatic rings. The number of sulfonamides is 1. The molecule has 0 aromatic heterocycles. The van der Waals surface area contributed by atoms with E-state index in [1.165, 1.54) is 0 Å². The summed E-state index contributed by atoms with van der Waals surface area (Å²) < 4.78 is 31.9. The molecule has 0 atom stereocenters. The van der Waals surface area contributed by atoms with Gasteiger partial charge in [-0.1, -0.05) is 6.07 Å². The number of rotatable bonds is 6. The highest BCUT2D eigenvalue weighted by atomic mass is 32.2. The van der Waals surface area contributed by atoms with Crippen molar-refractivity contribution in [2.75, 3.05) is 11.8 Å². The smallest absolute Gasteiger partial charge is 0.235 e. The van der Waals surface area contributed by atoms with Crippen LogP contribution in [0, 0.1) is 0 Å². The average Bonchev–Trinajstić information content (AvgIpc) is 2.67. The van der Waals surface area contributed by atoms with Gasteiger partial charge in [-0.2, -0.15) is 0 Å². The maximum Gasteiger partial charge on any atom is 0.235 e. The van der Waals surface area contributed by atoms with Gasteiger partial charge in [0.05, 0.1) is 12.4 Å². The van der Waals surface area contributed by atoms with Gasteiger partial charge in [-0.15, -0.1) is 0 Å². The highest BCUT2D eigenvalue weighted by Gasteiger charge is 2.28. The van der Waals surface area contributed by atoms with E-state index < -0.39 is 15.3 Å². The summed E-state index contributed by atoms with van der Waals surface area (Å²) >= 11 is 0. The lowest BCUT2D eigenvalue weighted by atomic mass is 9.85. The Kier molecular flexibility index (Phi) is 5.94. The molecule has 160 valence electrons. The number of ether oxygens (including phenoxy) is 1. The summed E-state index contributed by atoms with van der Waals surface area (Å²) in [4.78, 5) is 12.9. The number of nitrogens with one attached hydrogen (secondary N) is 2. The lowest BCUT2D eigenvalue weighted by Gasteiger charge is -2.35. The van der Waals surface area contributed by atoms with Crippen LogP contribution in [0.15, 0.2) is 48.5 Å². The molecule has 0 aliphatic carbocycles. The van der Waals surface area contributed by atoms with Crippen molar-refractivity contribution >= 4 is 27.2 Å².